The minimum absolute atomic E-state index is 0.0300. The van der Waals surface area contributed by atoms with Crippen molar-refractivity contribution in [2.24, 2.45) is 18.9 Å². The van der Waals surface area contributed by atoms with E-state index in [2.05, 4.69) is 29.8 Å². The van der Waals surface area contributed by atoms with Crippen LogP contribution in [0.5, 0.6) is 0 Å². The topological polar surface area (TPSA) is 92.9 Å². The SMILES string of the molecule is Cc1cnc(C(=O)N2CC3CN(c4ncnc5c4ncn5C)CC3C2)cn1. The van der Waals surface area contributed by atoms with Gasteiger partial charge in [-0.05, 0) is 6.92 Å². The lowest BCUT2D eigenvalue weighted by Crippen LogP contribution is -2.34. The second kappa shape index (κ2) is 5.97. The largest absolute Gasteiger partial charge is 0.354 e. The summed E-state index contributed by atoms with van der Waals surface area (Å²) < 4.78 is 1.90. The predicted molar refractivity (Wildman–Crippen MR) is 98.2 cm³/mol. The molecule has 3 aromatic rings. The summed E-state index contributed by atoms with van der Waals surface area (Å²) in [5.74, 6) is 1.72. The molecule has 9 nitrogen and oxygen atoms in total. The molecule has 0 aromatic carbocycles. The molecule has 9 heteroatoms. The van der Waals surface area contributed by atoms with Gasteiger partial charge in [-0.1, -0.05) is 0 Å². The number of hydrogen-bond acceptors (Lipinski definition) is 7. The number of carbonyl (C=O) groups is 1. The van der Waals surface area contributed by atoms with E-state index >= 15 is 0 Å². The van der Waals surface area contributed by atoms with E-state index in [9.17, 15) is 4.79 Å². The third-order valence-electron chi connectivity index (χ3n) is 5.55. The zero-order valence-electron chi connectivity index (χ0n) is 15.3. The minimum atomic E-state index is -0.0300. The van der Waals surface area contributed by atoms with E-state index in [0.717, 1.165) is 48.9 Å². The highest BCUT2D eigenvalue weighted by Crippen LogP contribution is 2.35. The number of aromatic nitrogens is 6. The average Bonchev–Trinajstić information content (AvgIpc) is 3.35. The van der Waals surface area contributed by atoms with Crippen molar-refractivity contribution in [2.75, 3.05) is 31.1 Å². The Morgan fingerprint density at radius 1 is 1.00 bits per heavy atom. The van der Waals surface area contributed by atoms with Crippen LogP contribution >= 0.6 is 0 Å². The van der Waals surface area contributed by atoms with Crippen LogP contribution in [0, 0.1) is 18.8 Å². The van der Waals surface area contributed by atoms with Gasteiger partial charge in [-0.25, -0.2) is 19.9 Å². The van der Waals surface area contributed by atoms with Gasteiger partial charge in [-0.15, -0.1) is 0 Å². The number of hydrogen-bond donors (Lipinski definition) is 0. The highest BCUT2D eigenvalue weighted by molar-refractivity contribution is 5.92. The number of nitrogens with zero attached hydrogens (tertiary/aromatic N) is 8. The fraction of sp³-hybridized carbons (Fsp3) is 0.444. The normalized spacial score (nSPS) is 21.9. The second-order valence-electron chi connectivity index (χ2n) is 7.40. The van der Waals surface area contributed by atoms with Gasteiger partial charge in [0.15, 0.2) is 17.0 Å². The van der Waals surface area contributed by atoms with E-state index < -0.39 is 0 Å². The van der Waals surface area contributed by atoms with Crippen molar-refractivity contribution in [1.82, 2.24) is 34.4 Å². The first kappa shape index (κ1) is 16.1. The number of likely N-dealkylation sites (tertiary alicyclic amines) is 1. The molecule has 2 aliphatic heterocycles. The van der Waals surface area contributed by atoms with Gasteiger partial charge in [0.1, 0.15) is 12.0 Å². The lowest BCUT2D eigenvalue weighted by atomic mass is 10.0. The average molecular weight is 364 g/mol. The van der Waals surface area contributed by atoms with Crippen molar-refractivity contribution < 1.29 is 4.79 Å². The lowest BCUT2D eigenvalue weighted by molar-refractivity contribution is 0.0776. The zero-order chi connectivity index (χ0) is 18.5. The number of imidazole rings is 1. The Balaban J connectivity index is 1.32. The van der Waals surface area contributed by atoms with Crippen LogP contribution in [0.25, 0.3) is 11.2 Å². The van der Waals surface area contributed by atoms with Crippen molar-refractivity contribution in [3.05, 3.63) is 36.4 Å². The molecule has 0 saturated carbocycles. The Labute approximate surface area is 156 Å². The first-order valence-corrected chi connectivity index (χ1v) is 9.05. The van der Waals surface area contributed by atoms with Gasteiger partial charge >= 0.3 is 0 Å². The van der Waals surface area contributed by atoms with E-state index in [0.29, 0.717) is 17.5 Å². The molecule has 0 radical (unpaired) electrons. The monoisotopic (exact) mass is 364 g/mol. The lowest BCUT2D eigenvalue weighted by Gasteiger charge is -2.22. The van der Waals surface area contributed by atoms with Crippen molar-refractivity contribution in [3.63, 3.8) is 0 Å². The van der Waals surface area contributed by atoms with Gasteiger partial charge in [0.05, 0.1) is 18.2 Å². The van der Waals surface area contributed by atoms with Gasteiger partial charge in [0.2, 0.25) is 0 Å². The van der Waals surface area contributed by atoms with E-state index in [1.165, 1.54) is 0 Å². The molecule has 5 rings (SSSR count). The summed E-state index contributed by atoms with van der Waals surface area (Å²) in [5.41, 5.74) is 2.91. The Hall–Kier alpha value is -3.10. The van der Waals surface area contributed by atoms with E-state index in [1.807, 2.05) is 23.4 Å². The third kappa shape index (κ3) is 2.61. The maximum atomic E-state index is 12.7. The van der Waals surface area contributed by atoms with E-state index in [4.69, 9.17) is 0 Å². The molecular formula is C18H20N8O. The molecule has 0 N–H and O–H groups in total. The molecule has 2 atom stereocenters. The molecule has 27 heavy (non-hydrogen) atoms. The van der Waals surface area contributed by atoms with Gasteiger partial charge in [0, 0.05) is 51.3 Å². The summed E-state index contributed by atoms with van der Waals surface area (Å²) in [6.07, 6.45) is 6.57. The molecule has 5 heterocycles. The Morgan fingerprint density at radius 3 is 2.48 bits per heavy atom. The second-order valence-corrected chi connectivity index (χ2v) is 7.40. The van der Waals surface area contributed by atoms with Crippen LogP contribution in [0.15, 0.2) is 25.0 Å². The van der Waals surface area contributed by atoms with Gasteiger partial charge < -0.3 is 14.4 Å². The van der Waals surface area contributed by atoms with Crippen molar-refractivity contribution >= 4 is 22.9 Å². The van der Waals surface area contributed by atoms with Crippen molar-refractivity contribution in [2.45, 2.75) is 6.92 Å². The standard InChI is InChI=1S/C18H20N8O/c1-11-3-20-14(4-19-11)18(27)26-7-12-5-25(6-13(12)8-26)17-15-16(21-9-22-17)24(2)10-23-15/h3-4,9-10,12-13H,5-8H2,1-2H3. The summed E-state index contributed by atoms with van der Waals surface area (Å²) in [7, 11) is 1.93. The summed E-state index contributed by atoms with van der Waals surface area (Å²) in [6, 6.07) is 0. The van der Waals surface area contributed by atoms with Crippen LogP contribution < -0.4 is 4.90 Å². The fourth-order valence-electron chi connectivity index (χ4n) is 4.16. The van der Waals surface area contributed by atoms with Crippen LogP contribution in [-0.4, -0.2) is 66.5 Å². The van der Waals surface area contributed by atoms with E-state index in [1.54, 1.807) is 25.0 Å². The highest BCUT2D eigenvalue weighted by Gasteiger charge is 2.42. The number of fused-ring (bicyclic) bond motifs is 2. The maximum absolute atomic E-state index is 12.7. The predicted octanol–water partition coefficient (Wildman–Crippen LogP) is 0.670. The number of carbonyl (C=O) groups excluding carboxylic acids is 1. The van der Waals surface area contributed by atoms with Gasteiger partial charge in [-0.3, -0.25) is 9.78 Å². The Morgan fingerprint density at radius 2 is 1.78 bits per heavy atom. The van der Waals surface area contributed by atoms with Crippen LogP contribution in [0.2, 0.25) is 0 Å². The quantitative estimate of drug-likeness (QED) is 0.660. The van der Waals surface area contributed by atoms with Crippen LogP contribution in [0.4, 0.5) is 5.82 Å². The van der Waals surface area contributed by atoms with Crippen LogP contribution in [0.3, 0.4) is 0 Å². The molecule has 0 aliphatic carbocycles. The molecule has 3 aromatic heterocycles. The minimum Gasteiger partial charge on any atom is -0.354 e. The number of amides is 1. The van der Waals surface area contributed by atoms with Crippen LogP contribution in [0.1, 0.15) is 16.2 Å². The number of anilines is 1. The molecule has 1 amide bonds. The first-order chi connectivity index (χ1) is 13.1. The Kier molecular flexibility index (Phi) is 3.56. The highest BCUT2D eigenvalue weighted by atomic mass is 16.2. The smallest absolute Gasteiger partial charge is 0.274 e. The molecule has 2 fully saturated rings. The fourth-order valence-corrected chi connectivity index (χ4v) is 4.16. The van der Waals surface area contributed by atoms with E-state index in [-0.39, 0.29) is 5.91 Å². The van der Waals surface area contributed by atoms with Crippen LogP contribution in [-0.2, 0) is 7.05 Å². The number of rotatable bonds is 2. The summed E-state index contributed by atoms with van der Waals surface area (Å²) in [6.45, 7) is 5.09. The zero-order valence-corrected chi connectivity index (χ0v) is 15.3. The molecule has 0 spiro atoms. The van der Waals surface area contributed by atoms with Crippen molar-refractivity contribution in [1.29, 1.82) is 0 Å². The summed E-state index contributed by atoms with van der Waals surface area (Å²) >= 11 is 0. The third-order valence-corrected chi connectivity index (χ3v) is 5.55. The van der Waals surface area contributed by atoms with Gasteiger partial charge in [0.25, 0.3) is 5.91 Å². The molecule has 138 valence electrons. The maximum Gasteiger partial charge on any atom is 0.274 e. The summed E-state index contributed by atoms with van der Waals surface area (Å²) in [5, 5.41) is 0. The van der Waals surface area contributed by atoms with Gasteiger partial charge in [-0.2, -0.15) is 0 Å². The number of aryl methyl sites for hydroxylation is 2. The molecular weight excluding hydrogens is 344 g/mol. The molecule has 2 aliphatic rings. The van der Waals surface area contributed by atoms with Crippen molar-refractivity contribution in [3.8, 4) is 0 Å². The molecule has 2 saturated heterocycles. The first-order valence-electron chi connectivity index (χ1n) is 9.05. The molecule has 0 bridgehead atoms. The summed E-state index contributed by atoms with van der Waals surface area (Å²) in [4.78, 5) is 38.5. The Bertz CT molecular complexity index is 1000. The molecule has 2 unspecified atom stereocenters.